The summed E-state index contributed by atoms with van der Waals surface area (Å²) in [5, 5.41) is 21.9. The third-order valence-electron chi connectivity index (χ3n) is 2.40. The third-order valence-corrected chi connectivity index (χ3v) is 3.43. The topological polar surface area (TPSA) is 61.6 Å². The maximum absolute atomic E-state index is 8.56. The number of nitrogens with zero attached hydrogens (tertiary/aromatic N) is 3. The van der Waals surface area contributed by atoms with E-state index in [1.165, 1.54) is 0 Å². The minimum Gasteiger partial charge on any atom is -0.360 e. The summed E-state index contributed by atoms with van der Waals surface area (Å²) in [7, 11) is 0. The lowest BCUT2D eigenvalue weighted by Crippen LogP contribution is -2.22. The predicted octanol–water partition coefficient (Wildman–Crippen LogP) is 2.84. The Hall–Kier alpha value is -1.15. The summed E-state index contributed by atoms with van der Waals surface area (Å²) in [5.74, 6) is 0. The van der Waals surface area contributed by atoms with E-state index < -0.39 is 0 Å². The zero-order chi connectivity index (χ0) is 12.0. The zero-order valence-corrected chi connectivity index (χ0v) is 10.9. The van der Waals surface area contributed by atoms with Gasteiger partial charge in [0.2, 0.25) is 5.13 Å². The highest BCUT2D eigenvalue weighted by Crippen LogP contribution is 2.24. The van der Waals surface area contributed by atoms with Crippen LogP contribution in [0.25, 0.3) is 0 Å². The second-order valence-electron chi connectivity index (χ2n) is 4.53. The fourth-order valence-corrected chi connectivity index (χ4v) is 1.94. The van der Waals surface area contributed by atoms with Gasteiger partial charge in [0.05, 0.1) is 6.07 Å². The Morgan fingerprint density at radius 3 is 2.75 bits per heavy atom. The van der Waals surface area contributed by atoms with Gasteiger partial charge in [-0.25, -0.2) is 0 Å². The highest BCUT2D eigenvalue weighted by atomic mass is 32.1. The fourth-order valence-electron chi connectivity index (χ4n) is 1.27. The number of hydrogen-bond acceptors (Lipinski definition) is 5. The molecular weight excluding hydrogens is 220 g/mol. The molecule has 0 spiro atoms. The molecule has 0 bridgehead atoms. The molecule has 0 saturated heterocycles. The van der Waals surface area contributed by atoms with Gasteiger partial charge >= 0.3 is 0 Å². The number of aryl methyl sites for hydroxylation is 1. The molecule has 0 aliphatic rings. The van der Waals surface area contributed by atoms with Crippen LogP contribution in [0, 0.1) is 16.7 Å². The molecule has 16 heavy (non-hydrogen) atoms. The number of nitrogens with one attached hydrogen (secondary N) is 1. The van der Waals surface area contributed by atoms with Crippen LogP contribution in [0.5, 0.6) is 0 Å². The van der Waals surface area contributed by atoms with Crippen LogP contribution in [0.3, 0.4) is 0 Å². The van der Waals surface area contributed by atoms with Crippen LogP contribution in [-0.4, -0.2) is 16.7 Å². The van der Waals surface area contributed by atoms with Gasteiger partial charge in [-0.1, -0.05) is 32.1 Å². The van der Waals surface area contributed by atoms with Gasteiger partial charge in [0.1, 0.15) is 5.01 Å². The summed E-state index contributed by atoms with van der Waals surface area (Å²) in [4.78, 5) is 0. The second-order valence-corrected chi connectivity index (χ2v) is 5.59. The van der Waals surface area contributed by atoms with E-state index in [0.29, 0.717) is 6.42 Å². The monoisotopic (exact) mass is 238 g/mol. The standard InChI is InChI=1S/C11H18N4S/c1-4-9-14-15-10(16-9)13-8-11(2,3)6-5-7-12/h4-6,8H2,1-3H3,(H,13,15). The molecule has 0 amide bonds. The van der Waals surface area contributed by atoms with Crippen LogP contribution < -0.4 is 5.32 Å². The Morgan fingerprint density at radius 2 is 2.19 bits per heavy atom. The van der Waals surface area contributed by atoms with Gasteiger partial charge in [-0.15, -0.1) is 10.2 Å². The molecule has 0 aliphatic heterocycles. The molecule has 0 aromatic carbocycles. The van der Waals surface area contributed by atoms with E-state index in [1.54, 1.807) is 11.3 Å². The van der Waals surface area contributed by atoms with Crippen LogP contribution in [0.4, 0.5) is 5.13 Å². The smallest absolute Gasteiger partial charge is 0.205 e. The lowest BCUT2D eigenvalue weighted by molar-refractivity contribution is 0.363. The van der Waals surface area contributed by atoms with Crippen molar-refractivity contribution in [2.75, 3.05) is 11.9 Å². The normalized spacial score (nSPS) is 11.1. The number of anilines is 1. The molecule has 1 aromatic rings. The summed E-state index contributed by atoms with van der Waals surface area (Å²) in [6.07, 6.45) is 2.43. The molecule has 0 aliphatic carbocycles. The van der Waals surface area contributed by atoms with Crippen molar-refractivity contribution in [1.82, 2.24) is 10.2 Å². The molecule has 5 heteroatoms. The molecule has 0 unspecified atom stereocenters. The largest absolute Gasteiger partial charge is 0.360 e. The molecule has 0 radical (unpaired) electrons. The molecule has 0 atom stereocenters. The van der Waals surface area contributed by atoms with Gasteiger partial charge in [0, 0.05) is 13.0 Å². The first-order valence-electron chi connectivity index (χ1n) is 5.50. The SMILES string of the molecule is CCc1nnc(NCC(C)(C)CCC#N)s1. The van der Waals surface area contributed by atoms with E-state index in [2.05, 4.69) is 42.4 Å². The van der Waals surface area contributed by atoms with Crippen molar-refractivity contribution in [1.29, 1.82) is 5.26 Å². The van der Waals surface area contributed by atoms with E-state index in [1.807, 2.05) is 0 Å². The fraction of sp³-hybridized carbons (Fsp3) is 0.727. The van der Waals surface area contributed by atoms with Crippen LogP contribution in [-0.2, 0) is 6.42 Å². The molecule has 1 N–H and O–H groups in total. The van der Waals surface area contributed by atoms with E-state index >= 15 is 0 Å². The van der Waals surface area contributed by atoms with Gasteiger partial charge in [-0.2, -0.15) is 5.26 Å². The highest BCUT2D eigenvalue weighted by Gasteiger charge is 2.17. The Morgan fingerprint density at radius 1 is 1.44 bits per heavy atom. The maximum Gasteiger partial charge on any atom is 0.205 e. The van der Waals surface area contributed by atoms with E-state index in [9.17, 15) is 0 Å². The van der Waals surface area contributed by atoms with Crippen molar-refractivity contribution in [3.05, 3.63) is 5.01 Å². The van der Waals surface area contributed by atoms with E-state index in [4.69, 9.17) is 5.26 Å². The first-order valence-corrected chi connectivity index (χ1v) is 6.32. The van der Waals surface area contributed by atoms with Crippen LogP contribution in [0.15, 0.2) is 0 Å². The lowest BCUT2D eigenvalue weighted by atomic mass is 9.88. The summed E-state index contributed by atoms with van der Waals surface area (Å²) >= 11 is 1.60. The third kappa shape index (κ3) is 4.15. The van der Waals surface area contributed by atoms with Gasteiger partial charge in [-0.3, -0.25) is 0 Å². The average molecular weight is 238 g/mol. The molecule has 4 nitrogen and oxygen atoms in total. The molecule has 88 valence electrons. The van der Waals surface area contributed by atoms with Gasteiger partial charge < -0.3 is 5.32 Å². The predicted molar refractivity (Wildman–Crippen MR) is 66.4 cm³/mol. The van der Waals surface area contributed by atoms with Crippen LogP contribution in [0.2, 0.25) is 0 Å². The average Bonchev–Trinajstić information content (AvgIpc) is 2.72. The minimum absolute atomic E-state index is 0.119. The van der Waals surface area contributed by atoms with E-state index in [0.717, 1.165) is 29.5 Å². The number of aromatic nitrogens is 2. The van der Waals surface area contributed by atoms with Crippen molar-refractivity contribution >= 4 is 16.5 Å². The first kappa shape index (κ1) is 12.9. The Bertz CT molecular complexity index is 364. The van der Waals surface area contributed by atoms with Crippen molar-refractivity contribution in [3.8, 4) is 6.07 Å². The lowest BCUT2D eigenvalue weighted by Gasteiger charge is -2.23. The second kappa shape index (κ2) is 5.80. The number of nitriles is 1. The molecule has 1 aromatic heterocycles. The molecule has 1 heterocycles. The molecule has 0 saturated carbocycles. The quantitative estimate of drug-likeness (QED) is 0.827. The van der Waals surface area contributed by atoms with Gasteiger partial charge in [-0.05, 0) is 18.3 Å². The number of rotatable bonds is 6. The van der Waals surface area contributed by atoms with Crippen molar-refractivity contribution in [2.24, 2.45) is 5.41 Å². The Labute approximate surface area is 101 Å². The van der Waals surface area contributed by atoms with Crippen molar-refractivity contribution < 1.29 is 0 Å². The van der Waals surface area contributed by atoms with Crippen molar-refractivity contribution in [3.63, 3.8) is 0 Å². The Balaban J connectivity index is 2.41. The number of hydrogen-bond donors (Lipinski definition) is 1. The summed E-state index contributed by atoms with van der Waals surface area (Å²) in [5.41, 5.74) is 0.119. The maximum atomic E-state index is 8.56. The molecule has 0 fully saturated rings. The van der Waals surface area contributed by atoms with Gasteiger partial charge in [0.25, 0.3) is 0 Å². The molecule has 1 rings (SSSR count). The zero-order valence-electron chi connectivity index (χ0n) is 10.1. The van der Waals surface area contributed by atoms with E-state index in [-0.39, 0.29) is 5.41 Å². The first-order chi connectivity index (χ1) is 7.57. The summed E-state index contributed by atoms with van der Waals surface area (Å²) in [6, 6.07) is 2.18. The molecular formula is C11H18N4S. The summed E-state index contributed by atoms with van der Waals surface area (Å²) in [6.45, 7) is 7.20. The van der Waals surface area contributed by atoms with Crippen LogP contribution in [0.1, 0.15) is 38.6 Å². The van der Waals surface area contributed by atoms with Crippen LogP contribution >= 0.6 is 11.3 Å². The minimum atomic E-state index is 0.119. The van der Waals surface area contributed by atoms with Crippen molar-refractivity contribution in [2.45, 2.75) is 40.0 Å². The van der Waals surface area contributed by atoms with Gasteiger partial charge in [0.15, 0.2) is 0 Å². The Kier molecular flexibility index (Phi) is 4.69. The highest BCUT2D eigenvalue weighted by molar-refractivity contribution is 7.15. The summed E-state index contributed by atoms with van der Waals surface area (Å²) < 4.78 is 0.